The SMILES string of the molecule is C=C1Nc2nnnn2C(c2ccc(OCCC)c(OC)c2)C1C(=O)Nc1ccc(C)cc1C. The Bertz CT molecular complexity index is 1190. The highest BCUT2D eigenvalue weighted by Gasteiger charge is 2.40. The molecule has 2 heterocycles. The number of nitrogens with zero attached hydrogens (tertiary/aromatic N) is 4. The van der Waals surface area contributed by atoms with E-state index in [-0.39, 0.29) is 5.91 Å². The number of fused-ring (bicyclic) bond motifs is 1. The molecular formula is C24H28N6O3. The first-order valence-electron chi connectivity index (χ1n) is 10.9. The minimum atomic E-state index is -0.672. The van der Waals surface area contributed by atoms with Crippen molar-refractivity contribution in [1.29, 1.82) is 0 Å². The van der Waals surface area contributed by atoms with E-state index < -0.39 is 12.0 Å². The van der Waals surface area contributed by atoms with Crippen LogP contribution in [0, 0.1) is 19.8 Å². The van der Waals surface area contributed by atoms with Gasteiger partial charge in [-0.15, -0.1) is 0 Å². The van der Waals surface area contributed by atoms with Crippen LogP contribution in [-0.2, 0) is 4.79 Å². The number of rotatable bonds is 7. The third-order valence-electron chi connectivity index (χ3n) is 5.63. The Balaban J connectivity index is 1.73. The van der Waals surface area contributed by atoms with Gasteiger partial charge in [-0.3, -0.25) is 4.79 Å². The van der Waals surface area contributed by atoms with Crippen LogP contribution >= 0.6 is 0 Å². The zero-order valence-electron chi connectivity index (χ0n) is 19.3. The summed E-state index contributed by atoms with van der Waals surface area (Å²) >= 11 is 0. The third-order valence-corrected chi connectivity index (χ3v) is 5.63. The number of hydrogen-bond acceptors (Lipinski definition) is 7. The Kier molecular flexibility index (Phi) is 6.30. The van der Waals surface area contributed by atoms with E-state index in [0.717, 1.165) is 28.8 Å². The number of ether oxygens (including phenoxy) is 2. The second-order valence-electron chi connectivity index (χ2n) is 8.09. The highest BCUT2D eigenvalue weighted by atomic mass is 16.5. The maximum Gasteiger partial charge on any atom is 0.247 e. The van der Waals surface area contributed by atoms with Crippen LogP contribution in [-0.4, -0.2) is 39.8 Å². The number of methoxy groups -OCH3 is 1. The first kappa shape index (κ1) is 22.3. The lowest BCUT2D eigenvalue weighted by atomic mass is 9.88. The van der Waals surface area contributed by atoms with Gasteiger partial charge in [-0.1, -0.05) is 42.4 Å². The number of hydrogen-bond donors (Lipinski definition) is 2. The van der Waals surface area contributed by atoms with Crippen molar-refractivity contribution in [2.45, 2.75) is 33.2 Å². The number of anilines is 2. The van der Waals surface area contributed by atoms with Gasteiger partial charge < -0.3 is 20.1 Å². The van der Waals surface area contributed by atoms with Gasteiger partial charge in [0.2, 0.25) is 11.9 Å². The lowest BCUT2D eigenvalue weighted by Crippen LogP contribution is -2.39. The molecule has 2 N–H and O–H groups in total. The average Bonchev–Trinajstić information content (AvgIpc) is 3.26. The van der Waals surface area contributed by atoms with Crippen LogP contribution in [0.5, 0.6) is 11.5 Å². The molecule has 9 heteroatoms. The lowest BCUT2D eigenvalue weighted by molar-refractivity contribution is -0.119. The van der Waals surface area contributed by atoms with Gasteiger partial charge in [0, 0.05) is 11.4 Å². The minimum absolute atomic E-state index is 0.212. The number of tetrazole rings is 1. The van der Waals surface area contributed by atoms with Crippen molar-refractivity contribution < 1.29 is 14.3 Å². The molecule has 0 bridgehead atoms. The fourth-order valence-corrected chi connectivity index (χ4v) is 4.02. The predicted octanol–water partition coefficient (Wildman–Crippen LogP) is 3.87. The summed E-state index contributed by atoms with van der Waals surface area (Å²) in [5.41, 5.74) is 4.17. The van der Waals surface area contributed by atoms with Gasteiger partial charge in [0.1, 0.15) is 5.92 Å². The van der Waals surface area contributed by atoms with Gasteiger partial charge in [0.25, 0.3) is 0 Å². The Hall–Kier alpha value is -3.88. The summed E-state index contributed by atoms with van der Waals surface area (Å²) in [6, 6.07) is 11.0. The zero-order chi connectivity index (χ0) is 23.5. The van der Waals surface area contributed by atoms with E-state index in [1.54, 1.807) is 11.8 Å². The van der Waals surface area contributed by atoms with Crippen molar-refractivity contribution in [1.82, 2.24) is 20.2 Å². The van der Waals surface area contributed by atoms with E-state index in [1.165, 1.54) is 0 Å². The second kappa shape index (κ2) is 9.32. The number of aromatic nitrogens is 4. The first-order chi connectivity index (χ1) is 15.9. The van der Waals surface area contributed by atoms with E-state index in [2.05, 4.69) is 32.7 Å². The van der Waals surface area contributed by atoms with E-state index in [0.29, 0.717) is 29.8 Å². The van der Waals surface area contributed by atoms with Crippen molar-refractivity contribution in [2.24, 2.45) is 5.92 Å². The summed E-state index contributed by atoms with van der Waals surface area (Å²) in [6.45, 7) is 10.7. The summed E-state index contributed by atoms with van der Waals surface area (Å²) in [5.74, 6) is 0.757. The van der Waals surface area contributed by atoms with Crippen LogP contribution in [0.2, 0.25) is 0 Å². The molecule has 0 radical (unpaired) electrons. The molecule has 1 aliphatic rings. The Morgan fingerprint density at radius 3 is 2.76 bits per heavy atom. The van der Waals surface area contributed by atoms with Gasteiger partial charge in [0.05, 0.1) is 19.8 Å². The van der Waals surface area contributed by atoms with Gasteiger partial charge in [0.15, 0.2) is 11.5 Å². The summed E-state index contributed by atoms with van der Waals surface area (Å²) in [5, 5.41) is 18.1. The van der Waals surface area contributed by atoms with Gasteiger partial charge in [-0.05, 0) is 60.0 Å². The van der Waals surface area contributed by atoms with Crippen LogP contribution in [0.1, 0.15) is 36.1 Å². The molecule has 2 aromatic carbocycles. The smallest absolute Gasteiger partial charge is 0.247 e. The molecule has 1 amide bonds. The molecule has 9 nitrogen and oxygen atoms in total. The van der Waals surface area contributed by atoms with Crippen LogP contribution in [0.25, 0.3) is 0 Å². The predicted molar refractivity (Wildman–Crippen MR) is 126 cm³/mol. The molecule has 2 unspecified atom stereocenters. The summed E-state index contributed by atoms with van der Waals surface area (Å²) in [4.78, 5) is 13.5. The molecule has 1 aromatic heterocycles. The van der Waals surface area contributed by atoms with E-state index in [9.17, 15) is 4.79 Å². The highest BCUT2D eigenvalue weighted by Crippen LogP contribution is 2.40. The fourth-order valence-electron chi connectivity index (χ4n) is 4.02. The lowest BCUT2D eigenvalue weighted by Gasteiger charge is -2.33. The number of carbonyl (C=O) groups excluding carboxylic acids is 1. The quantitative estimate of drug-likeness (QED) is 0.565. The van der Waals surface area contributed by atoms with Crippen LogP contribution in [0.3, 0.4) is 0 Å². The van der Waals surface area contributed by atoms with Crippen LogP contribution < -0.4 is 20.1 Å². The molecule has 1 aliphatic heterocycles. The molecule has 2 atom stereocenters. The summed E-state index contributed by atoms with van der Waals surface area (Å²) < 4.78 is 13.0. The number of aryl methyl sites for hydroxylation is 2. The maximum atomic E-state index is 13.5. The maximum absolute atomic E-state index is 13.5. The molecule has 172 valence electrons. The van der Waals surface area contributed by atoms with Crippen molar-refractivity contribution in [3.8, 4) is 11.5 Å². The van der Waals surface area contributed by atoms with Crippen molar-refractivity contribution in [3.63, 3.8) is 0 Å². The number of amides is 1. The van der Waals surface area contributed by atoms with E-state index in [1.807, 2.05) is 57.2 Å². The molecule has 0 aliphatic carbocycles. The monoisotopic (exact) mass is 448 g/mol. The standard InChI is InChI=1S/C24H28N6O3/c1-6-11-33-19-10-8-17(13-20(19)32-5)22-21(16(4)25-24-27-28-29-30(22)24)23(31)26-18-9-7-14(2)12-15(18)3/h7-10,12-13,21-22H,4,6,11H2,1-3,5H3,(H,26,31)(H,25,27,29). The van der Waals surface area contributed by atoms with E-state index in [4.69, 9.17) is 9.47 Å². The zero-order valence-corrected chi connectivity index (χ0v) is 19.3. The summed E-state index contributed by atoms with van der Waals surface area (Å²) in [6.07, 6.45) is 0.883. The van der Waals surface area contributed by atoms with Gasteiger partial charge in [-0.25, -0.2) is 4.68 Å². The molecule has 0 fully saturated rings. The second-order valence-corrected chi connectivity index (χ2v) is 8.09. The van der Waals surface area contributed by atoms with Crippen LogP contribution in [0.15, 0.2) is 48.7 Å². The normalized spacial score (nSPS) is 17.2. The van der Waals surface area contributed by atoms with Gasteiger partial charge >= 0.3 is 0 Å². The molecule has 3 aromatic rings. The highest BCUT2D eigenvalue weighted by molar-refractivity contribution is 5.96. The van der Waals surface area contributed by atoms with Crippen molar-refractivity contribution in [3.05, 3.63) is 65.4 Å². The number of benzene rings is 2. The molecule has 33 heavy (non-hydrogen) atoms. The Morgan fingerprint density at radius 2 is 2.03 bits per heavy atom. The van der Waals surface area contributed by atoms with E-state index >= 15 is 0 Å². The van der Waals surface area contributed by atoms with Gasteiger partial charge in [-0.2, -0.15) is 0 Å². The molecule has 0 spiro atoms. The molecule has 4 rings (SSSR count). The van der Waals surface area contributed by atoms with Crippen LogP contribution in [0.4, 0.5) is 11.6 Å². The number of carbonyl (C=O) groups is 1. The largest absolute Gasteiger partial charge is 0.493 e. The molecule has 0 saturated heterocycles. The Morgan fingerprint density at radius 1 is 1.21 bits per heavy atom. The number of nitrogens with one attached hydrogen (secondary N) is 2. The molecule has 0 saturated carbocycles. The third kappa shape index (κ3) is 4.39. The minimum Gasteiger partial charge on any atom is -0.493 e. The summed E-state index contributed by atoms with van der Waals surface area (Å²) in [7, 11) is 1.59. The Labute approximate surface area is 192 Å². The van der Waals surface area contributed by atoms with Crippen molar-refractivity contribution in [2.75, 3.05) is 24.4 Å². The van der Waals surface area contributed by atoms with Crippen molar-refractivity contribution >= 4 is 17.5 Å². The average molecular weight is 449 g/mol. The first-order valence-corrected chi connectivity index (χ1v) is 10.9. The molecular weight excluding hydrogens is 420 g/mol. The fraction of sp³-hybridized carbons (Fsp3) is 0.333. The topological polar surface area (TPSA) is 103 Å².